The Kier molecular flexibility index (Phi) is 5.28. The van der Waals surface area contributed by atoms with E-state index in [9.17, 15) is 8.78 Å². The van der Waals surface area contributed by atoms with Crippen molar-refractivity contribution in [3.63, 3.8) is 0 Å². The second kappa shape index (κ2) is 6.96. The van der Waals surface area contributed by atoms with Gasteiger partial charge in [0.2, 0.25) is 0 Å². The maximum Gasteiger partial charge on any atom is 0.163 e. The van der Waals surface area contributed by atoms with Crippen LogP contribution in [-0.2, 0) is 6.54 Å². The highest BCUT2D eigenvalue weighted by atomic mass is 19.2. The Hall–Kier alpha value is -1.00. The van der Waals surface area contributed by atoms with Crippen LogP contribution in [0.3, 0.4) is 0 Å². The van der Waals surface area contributed by atoms with Gasteiger partial charge in [0.05, 0.1) is 0 Å². The van der Waals surface area contributed by atoms with Gasteiger partial charge in [0.15, 0.2) is 11.6 Å². The second-order valence-corrected chi connectivity index (χ2v) is 5.43. The normalized spacial score (nSPS) is 17.8. The average molecular weight is 268 g/mol. The Labute approximate surface area is 113 Å². The van der Waals surface area contributed by atoms with Gasteiger partial charge in [-0.25, -0.2) is 8.78 Å². The van der Waals surface area contributed by atoms with Crippen molar-refractivity contribution in [2.45, 2.75) is 25.8 Å². The molecule has 1 heterocycles. The lowest BCUT2D eigenvalue weighted by Gasteiger charge is -2.28. The monoisotopic (exact) mass is 268 g/mol. The molecule has 1 fully saturated rings. The highest BCUT2D eigenvalue weighted by Gasteiger charge is 2.16. The molecule has 106 valence electrons. The lowest BCUT2D eigenvalue weighted by atomic mass is 9.94. The molecule has 0 unspecified atom stereocenters. The van der Waals surface area contributed by atoms with Gasteiger partial charge in [-0.2, -0.15) is 0 Å². The van der Waals surface area contributed by atoms with E-state index in [0.29, 0.717) is 12.1 Å². The van der Waals surface area contributed by atoms with Gasteiger partial charge >= 0.3 is 0 Å². The summed E-state index contributed by atoms with van der Waals surface area (Å²) in [5, 5.41) is 3.21. The number of likely N-dealkylation sites (tertiary alicyclic amines) is 1. The molecule has 4 heteroatoms. The third kappa shape index (κ3) is 4.25. The third-order valence-electron chi connectivity index (χ3n) is 3.91. The van der Waals surface area contributed by atoms with Gasteiger partial charge in [0, 0.05) is 12.1 Å². The summed E-state index contributed by atoms with van der Waals surface area (Å²) in [5.41, 5.74) is 0.406. The SMILES string of the molecule is CN1CCC(CCNCc2cccc(F)c2F)CC1. The minimum atomic E-state index is -0.769. The van der Waals surface area contributed by atoms with Crippen LogP contribution in [0.5, 0.6) is 0 Å². The van der Waals surface area contributed by atoms with Crippen LogP contribution in [0.1, 0.15) is 24.8 Å². The van der Waals surface area contributed by atoms with Crippen LogP contribution in [-0.4, -0.2) is 31.6 Å². The van der Waals surface area contributed by atoms with Gasteiger partial charge in [-0.1, -0.05) is 12.1 Å². The zero-order valence-corrected chi connectivity index (χ0v) is 11.5. The first-order valence-electron chi connectivity index (χ1n) is 6.99. The Morgan fingerprint density at radius 1 is 1.26 bits per heavy atom. The first-order valence-corrected chi connectivity index (χ1v) is 6.99. The third-order valence-corrected chi connectivity index (χ3v) is 3.91. The molecule has 0 aliphatic carbocycles. The molecule has 2 nitrogen and oxygen atoms in total. The summed E-state index contributed by atoms with van der Waals surface area (Å²) in [6, 6.07) is 4.32. The smallest absolute Gasteiger partial charge is 0.163 e. The van der Waals surface area contributed by atoms with Crippen molar-refractivity contribution >= 4 is 0 Å². The number of benzene rings is 1. The van der Waals surface area contributed by atoms with Crippen LogP contribution in [0.15, 0.2) is 18.2 Å². The zero-order valence-electron chi connectivity index (χ0n) is 11.5. The zero-order chi connectivity index (χ0) is 13.7. The number of hydrogen-bond acceptors (Lipinski definition) is 2. The fourth-order valence-electron chi connectivity index (χ4n) is 2.56. The number of nitrogens with one attached hydrogen (secondary N) is 1. The van der Waals surface area contributed by atoms with E-state index in [0.717, 1.165) is 24.9 Å². The molecule has 0 atom stereocenters. The standard InChI is InChI=1S/C15H22F2N2/c1-19-9-6-12(7-10-19)5-8-18-11-13-3-2-4-14(16)15(13)17/h2-4,12,18H,5-11H2,1H3. The highest BCUT2D eigenvalue weighted by Crippen LogP contribution is 2.18. The Bertz CT molecular complexity index is 401. The highest BCUT2D eigenvalue weighted by molar-refractivity contribution is 5.18. The van der Waals surface area contributed by atoms with E-state index < -0.39 is 11.6 Å². The molecule has 0 saturated carbocycles. The van der Waals surface area contributed by atoms with Crippen LogP contribution < -0.4 is 5.32 Å². The summed E-state index contributed by atoms with van der Waals surface area (Å²) < 4.78 is 26.4. The summed E-state index contributed by atoms with van der Waals surface area (Å²) in [5.74, 6) is -0.732. The molecule has 1 aromatic carbocycles. The Morgan fingerprint density at radius 2 is 2.00 bits per heavy atom. The lowest BCUT2D eigenvalue weighted by molar-refractivity contribution is 0.211. The van der Waals surface area contributed by atoms with Gasteiger partial charge in [0.25, 0.3) is 0 Å². The van der Waals surface area contributed by atoms with Crippen molar-refractivity contribution in [1.29, 1.82) is 0 Å². The van der Waals surface area contributed by atoms with Crippen molar-refractivity contribution < 1.29 is 8.78 Å². The number of nitrogens with zero attached hydrogens (tertiary/aromatic N) is 1. The molecule has 1 aliphatic rings. The number of halogens is 2. The quantitative estimate of drug-likeness (QED) is 0.826. The molecular formula is C15H22F2N2. The topological polar surface area (TPSA) is 15.3 Å². The van der Waals surface area contributed by atoms with Gasteiger partial charge < -0.3 is 10.2 Å². The molecule has 0 radical (unpaired) electrons. The van der Waals surface area contributed by atoms with E-state index >= 15 is 0 Å². The first-order chi connectivity index (χ1) is 9.16. The fourth-order valence-corrected chi connectivity index (χ4v) is 2.56. The van der Waals surface area contributed by atoms with E-state index in [4.69, 9.17) is 0 Å². The van der Waals surface area contributed by atoms with E-state index in [1.54, 1.807) is 12.1 Å². The lowest BCUT2D eigenvalue weighted by Crippen LogP contribution is -2.31. The largest absolute Gasteiger partial charge is 0.313 e. The van der Waals surface area contributed by atoms with Crippen molar-refractivity contribution in [3.8, 4) is 0 Å². The van der Waals surface area contributed by atoms with E-state index in [-0.39, 0.29) is 0 Å². The van der Waals surface area contributed by atoms with Crippen molar-refractivity contribution in [2.75, 3.05) is 26.7 Å². The molecule has 2 rings (SSSR count). The number of piperidine rings is 1. The maximum absolute atomic E-state index is 13.4. The van der Waals surface area contributed by atoms with Gasteiger partial charge in [-0.15, -0.1) is 0 Å². The molecular weight excluding hydrogens is 246 g/mol. The molecule has 0 bridgehead atoms. The van der Waals surface area contributed by atoms with Crippen molar-refractivity contribution in [2.24, 2.45) is 5.92 Å². The van der Waals surface area contributed by atoms with Crippen molar-refractivity contribution in [3.05, 3.63) is 35.4 Å². The molecule has 0 aromatic heterocycles. The predicted octanol–water partition coefficient (Wildman–Crippen LogP) is 2.79. The molecule has 1 N–H and O–H groups in total. The van der Waals surface area contributed by atoms with E-state index in [2.05, 4.69) is 17.3 Å². The maximum atomic E-state index is 13.4. The van der Waals surface area contributed by atoms with Gasteiger partial charge in [-0.3, -0.25) is 0 Å². The minimum Gasteiger partial charge on any atom is -0.313 e. The van der Waals surface area contributed by atoms with Crippen LogP contribution >= 0.6 is 0 Å². The van der Waals surface area contributed by atoms with Crippen molar-refractivity contribution in [1.82, 2.24) is 10.2 Å². The first kappa shape index (κ1) is 14.4. The summed E-state index contributed by atoms with van der Waals surface area (Å²) >= 11 is 0. The molecule has 1 saturated heterocycles. The van der Waals surface area contributed by atoms with Crippen LogP contribution in [0.25, 0.3) is 0 Å². The molecule has 19 heavy (non-hydrogen) atoms. The van der Waals surface area contributed by atoms with E-state index in [1.807, 2.05) is 0 Å². The fraction of sp³-hybridized carbons (Fsp3) is 0.600. The average Bonchev–Trinajstić information content (AvgIpc) is 2.41. The summed E-state index contributed by atoms with van der Waals surface area (Å²) in [4.78, 5) is 2.35. The summed E-state index contributed by atoms with van der Waals surface area (Å²) in [6.45, 7) is 3.60. The predicted molar refractivity (Wildman–Crippen MR) is 72.9 cm³/mol. The minimum absolute atomic E-state index is 0.399. The summed E-state index contributed by atoms with van der Waals surface area (Å²) in [6.07, 6.45) is 3.60. The molecule has 1 aliphatic heterocycles. The number of rotatable bonds is 5. The van der Waals surface area contributed by atoms with E-state index in [1.165, 1.54) is 25.9 Å². The molecule has 0 spiro atoms. The van der Waals surface area contributed by atoms with Crippen LogP contribution in [0.2, 0.25) is 0 Å². The second-order valence-electron chi connectivity index (χ2n) is 5.43. The van der Waals surface area contributed by atoms with Crippen LogP contribution in [0.4, 0.5) is 8.78 Å². The molecule has 1 aromatic rings. The Morgan fingerprint density at radius 3 is 2.74 bits per heavy atom. The Balaban J connectivity index is 1.68. The van der Waals surface area contributed by atoms with Crippen LogP contribution in [0, 0.1) is 17.6 Å². The van der Waals surface area contributed by atoms with Gasteiger partial charge in [0.1, 0.15) is 0 Å². The summed E-state index contributed by atoms with van der Waals surface area (Å²) in [7, 11) is 2.15. The van der Waals surface area contributed by atoms with Gasteiger partial charge in [-0.05, 0) is 57.9 Å². The number of hydrogen-bond donors (Lipinski definition) is 1. The molecule has 0 amide bonds.